The fourth-order valence-electron chi connectivity index (χ4n) is 2.05. The Morgan fingerprint density at radius 1 is 1.56 bits per heavy atom. The Hall–Kier alpha value is -0.580. The van der Waals surface area contributed by atoms with E-state index >= 15 is 0 Å². The summed E-state index contributed by atoms with van der Waals surface area (Å²) < 4.78 is 0.810. The molecule has 1 aromatic rings. The zero-order chi connectivity index (χ0) is 13.5. The summed E-state index contributed by atoms with van der Waals surface area (Å²) in [7, 11) is 0. The Kier molecular flexibility index (Phi) is 3.72. The zero-order valence-electron chi connectivity index (χ0n) is 10.2. The third kappa shape index (κ3) is 2.42. The van der Waals surface area contributed by atoms with E-state index in [1.54, 1.807) is 18.2 Å². The molecule has 0 saturated heterocycles. The molecule has 1 aliphatic carbocycles. The quantitative estimate of drug-likeness (QED) is 0.874. The molecule has 0 aromatic heterocycles. The van der Waals surface area contributed by atoms with Gasteiger partial charge in [-0.1, -0.05) is 41.4 Å². The summed E-state index contributed by atoms with van der Waals surface area (Å²) >= 11 is 9.32. The van der Waals surface area contributed by atoms with E-state index in [4.69, 9.17) is 11.6 Å². The van der Waals surface area contributed by atoms with E-state index in [1.807, 2.05) is 13.8 Å². The Labute approximate surface area is 120 Å². The van der Waals surface area contributed by atoms with E-state index in [9.17, 15) is 9.90 Å². The molecule has 0 radical (unpaired) electrons. The van der Waals surface area contributed by atoms with Crippen LogP contribution in [0.15, 0.2) is 22.7 Å². The number of hydrogen-bond donors (Lipinski definition) is 2. The number of aliphatic hydroxyl groups is 1. The maximum absolute atomic E-state index is 12.1. The molecule has 3 nitrogen and oxygen atoms in total. The number of aliphatic hydroxyl groups excluding tert-OH is 1. The summed E-state index contributed by atoms with van der Waals surface area (Å²) in [6.45, 7) is 3.88. The van der Waals surface area contributed by atoms with Crippen LogP contribution in [0.4, 0.5) is 0 Å². The van der Waals surface area contributed by atoms with Crippen LogP contribution in [0, 0.1) is 5.41 Å². The highest BCUT2D eigenvalue weighted by Crippen LogP contribution is 2.40. The van der Waals surface area contributed by atoms with Crippen molar-refractivity contribution >= 4 is 33.4 Å². The van der Waals surface area contributed by atoms with Gasteiger partial charge in [0.25, 0.3) is 5.91 Å². The SMILES string of the molecule is CC1(C)C(O)CC1NC(=O)c1cc(Br)ccc1Cl. The lowest BCUT2D eigenvalue weighted by molar-refractivity contribution is -0.0689. The molecule has 0 bridgehead atoms. The third-order valence-corrected chi connectivity index (χ3v) is 4.52. The van der Waals surface area contributed by atoms with Crippen molar-refractivity contribution in [2.45, 2.75) is 32.4 Å². The van der Waals surface area contributed by atoms with Gasteiger partial charge in [0.1, 0.15) is 0 Å². The van der Waals surface area contributed by atoms with Crippen LogP contribution in [-0.2, 0) is 0 Å². The van der Waals surface area contributed by atoms with Gasteiger partial charge in [0.15, 0.2) is 0 Å². The summed E-state index contributed by atoms with van der Waals surface area (Å²) in [6.07, 6.45) is 0.227. The maximum atomic E-state index is 12.1. The molecule has 2 rings (SSSR count). The van der Waals surface area contributed by atoms with Crippen LogP contribution < -0.4 is 5.32 Å². The van der Waals surface area contributed by atoms with Crippen molar-refractivity contribution in [2.24, 2.45) is 5.41 Å². The number of hydrogen-bond acceptors (Lipinski definition) is 2. The molecule has 1 aromatic carbocycles. The normalized spacial score (nSPS) is 25.4. The van der Waals surface area contributed by atoms with Crippen LogP contribution in [0.2, 0.25) is 5.02 Å². The molecular formula is C13H15BrClNO2. The van der Waals surface area contributed by atoms with Gasteiger partial charge in [-0.3, -0.25) is 4.79 Å². The van der Waals surface area contributed by atoms with Gasteiger partial charge in [-0.05, 0) is 24.6 Å². The van der Waals surface area contributed by atoms with Gasteiger partial charge in [0.2, 0.25) is 0 Å². The monoisotopic (exact) mass is 331 g/mol. The predicted molar refractivity (Wildman–Crippen MR) is 74.8 cm³/mol. The lowest BCUT2D eigenvalue weighted by atomic mass is 9.64. The molecule has 1 saturated carbocycles. The molecule has 1 amide bonds. The summed E-state index contributed by atoms with van der Waals surface area (Å²) in [6, 6.07) is 5.15. The molecule has 98 valence electrons. The first-order chi connectivity index (χ1) is 8.32. The largest absolute Gasteiger partial charge is 0.392 e. The van der Waals surface area contributed by atoms with Gasteiger partial charge >= 0.3 is 0 Å². The van der Waals surface area contributed by atoms with Gasteiger partial charge in [-0.25, -0.2) is 0 Å². The molecule has 1 fully saturated rings. The van der Waals surface area contributed by atoms with Crippen LogP contribution in [0.1, 0.15) is 30.6 Å². The number of benzene rings is 1. The number of carbonyl (C=O) groups excluding carboxylic acids is 1. The Balaban J connectivity index is 2.12. The van der Waals surface area contributed by atoms with Crippen LogP contribution >= 0.6 is 27.5 Å². The Bertz CT molecular complexity index is 490. The Morgan fingerprint density at radius 3 is 2.78 bits per heavy atom. The van der Waals surface area contributed by atoms with E-state index < -0.39 is 0 Å². The second kappa shape index (κ2) is 4.83. The first kappa shape index (κ1) is 13.8. The van der Waals surface area contributed by atoms with E-state index in [0.717, 1.165) is 4.47 Å². The molecule has 0 heterocycles. The number of nitrogens with one attached hydrogen (secondary N) is 1. The number of halogens is 2. The van der Waals surface area contributed by atoms with E-state index in [1.165, 1.54) is 0 Å². The van der Waals surface area contributed by atoms with Crippen LogP contribution in [0.5, 0.6) is 0 Å². The molecule has 2 atom stereocenters. The summed E-state index contributed by atoms with van der Waals surface area (Å²) in [5, 5.41) is 13.0. The molecule has 0 spiro atoms. The van der Waals surface area contributed by atoms with Gasteiger partial charge in [0.05, 0.1) is 16.7 Å². The van der Waals surface area contributed by atoms with Crippen LogP contribution in [-0.4, -0.2) is 23.2 Å². The molecule has 1 aliphatic rings. The lowest BCUT2D eigenvalue weighted by Gasteiger charge is -2.49. The molecule has 5 heteroatoms. The second-order valence-corrected chi connectivity index (χ2v) is 6.55. The molecule has 18 heavy (non-hydrogen) atoms. The Morgan fingerprint density at radius 2 is 2.22 bits per heavy atom. The van der Waals surface area contributed by atoms with Crippen molar-refractivity contribution < 1.29 is 9.90 Å². The van der Waals surface area contributed by atoms with Crippen molar-refractivity contribution in [2.75, 3.05) is 0 Å². The van der Waals surface area contributed by atoms with Crippen molar-refractivity contribution in [3.05, 3.63) is 33.3 Å². The first-order valence-electron chi connectivity index (χ1n) is 5.76. The zero-order valence-corrected chi connectivity index (χ0v) is 12.5. The van der Waals surface area contributed by atoms with E-state index in [-0.39, 0.29) is 23.5 Å². The van der Waals surface area contributed by atoms with Crippen LogP contribution in [0.3, 0.4) is 0 Å². The van der Waals surface area contributed by atoms with Crippen molar-refractivity contribution in [1.82, 2.24) is 5.32 Å². The summed E-state index contributed by atoms with van der Waals surface area (Å²) in [4.78, 5) is 12.1. The van der Waals surface area contributed by atoms with Gasteiger partial charge in [-0.15, -0.1) is 0 Å². The summed E-state index contributed by atoms with van der Waals surface area (Å²) in [5.74, 6) is -0.203. The third-order valence-electron chi connectivity index (χ3n) is 3.69. The highest BCUT2D eigenvalue weighted by molar-refractivity contribution is 9.10. The topological polar surface area (TPSA) is 49.3 Å². The van der Waals surface area contributed by atoms with E-state index in [2.05, 4.69) is 21.2 Å². The molecular weight excluding hydrogens is 318 g/mol. The van der Waals surface area contributed by atoms with Gasteiger partial charge in [0, 0.05) is 15.9 Å². The predicted octanol–water partition coefficient (Wildman–Crippen LogP) is 2.99. The standard InChI is InChI=1S/C13H15BrClNO2/c1-13(2)10(6-11(13)17)16-12(18)8-5-7(14)3-4-9(8)15/h3-5,10-11,17H,6H2,1-2H3,(H,16,18). The molecule has 2 N–H and O–H groups in total. The average molecular weight is 333 g/mol. The lowest BCUT2D eigenvalue weighted by Crippen LogP contribution is -2.61. The fourth-order valence-corrected chi connectivity index (χ4v) is 2.62. The summed E-state index contributed by atoms with van der Waals surface area (Å²) in [5.41, 5.74) is 0.164. The number of rotatable bonds is 2. The van der Waals surface area contributed by atoms with Crippen molar-refractivity contribution in [3.63, 3.8) is 0 Å². The smallest absolute Gasteiger partial charge is 0.253 e. The first-order valence-corrected chi connectivity index (χ1v) is 6.93. The molecule has 0 aliphatic heterocycles. The van der Waals surface area contributed by atoms with Crippen molar-refractivity contribution in [3.8, 4) is 0 Å². The average Bonchev–Trinajstić information content (AvgIpc) is 2.31. The number of carbonyl (C=O) groups is 1. The van der Waals surface area contributed by atoms with Gasteiger partial charge < -0.3 is 10.4 Å². The second-order valence-electron chi connectivity index (χ2n) is 5.22. The minimum Gasteiger partial charge on any atom is -0.392 e. The minimum absolute atomic E-state index is 0.0185. The highest BCUT2D eigenvalue weighted by atomic mass is 79.9. The van der Waals surface area contributed by atoms with Gasteiger partial charge in [-0.2, -0.15) is 0 Å². The molecule has 2 unspecified atom stereocenters. The highest BCUT2D eigenvalue weighted by Gasteiger charge is 2.48. The van der Waals surface area contributed by atoms with E-state index in [0.29, 0.717) is 17.0 Å². The number of amides is 1. The fraction of sp³-hybridized carbons (Fsp3) is 0.462. The minimum atomic E-state index is -0.360. The van der Waals surface area contributed by atoms with Crippen molar-refractivity contribution in [1.29, 1.82) is 0 Å². The van der Waals surface area contributed by atoms with Crippen LogP contribution in [0.25, 0.3) is 0 Å². The maximum Gasteiger partial charge on any atom is 0.253 e.